The van der Waals surface area contributed by atoms with E-state index in [-0.39, 0.29) is 24.0 Å². The summed E-state index contributed by atoms with van der Waals surface area (Å²) in [5.41, 5.74) is 2.11. The molecule has 2 N–H and O–H groups in total. The number of hydrogen-bond donors (Lipinski definition) is 2. The van der Waals surface area contributed by atoms with E-state index in [0.717, 1.165) is 28.7 Å². The van der Waals surface area contributed by atoms with Gasteiger partial charge in [-0.15, -0.1) is 24.0 Å². The highest BCUT2D eigenvalue weighted by Gasteiger charge is 2.00. The van der Waals surface area contributed by atoms with E-state index in [1.165, 1.54) is 0 Å². The first-order valence-electron chi connectivity index (χ1n) is 7.04. The van der Waals surface area contributed by atoms with Gasteiger partial charge in [-0.3, -0.25) is 0 Å². The third-order valence-electron chi connectivity index (χ3n) is 2.90. The van der Waals surface area contributed by atoms with Crippen molar-refractivity contribution in [3.63, 3.8) is 0 Å². The van der Waals surface area contributed by atoms with Crippen LogP contribution in [0.4, 0.5) is 0 Å². The van der Waals surface area contributed by atoms with Crippen LogP contribution in [0.5, 0.6) is 0 Å². The Morgan fingerprint density at radius 2 is 1.96 bits per heavy atom. The van der Waals surface area contributed by atoms with Gasteiger partial charge in [-0.05, 0) is 36.2 Å². The molecular formula is C16H19Cl2IN4. The van der Waals surface area contributed by atoms with Crippen LogP contribution in [0.25, 0.3) is 0 Å². The Morgan fingerprint density at radius 1 is 1.13 bits per heavy atom. The number of aliphatic imine (C=N–C) groups is 1. The summed E-state index contributed by atoms with van der Waals surface area (Å²) in [6.07, 6.45) is 1.73. The third-order valence-corrected chi connectivity index (χ3v) is 3.36. The second-order valence-electron chi connectivity index (χ2n) is 4.67. The van der Waals surface area contributed by atoms with Gasteiger partial charge in [0, 0.05) is 24.3 Å². The zero-order chi connectivity index (χ0) is 15.8. The lowest BCUT2D eigenvalue weighted by molar-refractivity contribution is 0.815. The number of aromatic nitrogens is 1. The van der Waals surface area contributed by atoms with Crippen LogP contribution in [0.1, 0.15) is 18.1 Å². The van der Waals surface area contributed by atoms with Gasteiger partial charge in [-0.1, -0.05) is 41.4 Å². The largest absolute Gasteiger partial charge is 0.357 e. The minimum Gasteiger partial charge on any atom is -0.357 e. The smallest absolute Gasteiger partial charge is 0.191 e. The molecule has 0 spiro atoms. The molecule has 0 aliphatic carbocycles. The third kappa shape index (κ3) is 7.37. The minimum atomic E-state index is 0. The van der Waals surface area contributed by atoms with Crippen molar-refractivity contribution in [1.29, 1.82) is 0 Å². The number of nitrogens with zero attached hydrogens (tertiary/aromatic N) is 2. The molecule has 0 unspecified atom stereocenters. The van der Waals surface area contributed by atoms with Crippen molar-refractivity contribution < 1.29 is 0 Å². The first-order valence-corrected chi connectivity index (χ1v) is 7.80. The Labute approximate surface area is 163 Å². The van der Waals surface area contributed by atoms with Crippen molar-refractivity contribution in [1.82, 2.24) is 15.6 Å². The van der Waals surface area contributed by atoms with Crippen molar-refractivity contribution >= 4 is 53.1 Å². The van der Waals surface area contributed by atoms with Gasteiger partial charge in [0.15, 0.2) is 5.96 Å². The van der Waals surface area contributed by atoms with Crippen molar-refractivity contribution in [3.8, 4) is 0 Å². The number of nitrogens with one attached hydrogen (secondary N) is 2. The maximum Gasteiger partial charge on any atom is 0.191 e. The van der Waals surface area contributed by atoms with E-state index >= 15 is 0 Å². The topological polar surface area (TPSA) is 49.3 Å². The molecule has 0 aliphatic rings. The number of halogens is 3. The fourth-order valence-electron chi connectivity index (χ4n) is 1.84. The molecule has 0 amide bonds. The Kier molecular flexibility index (Phi) is 9.28. The normalized spacial score (nSPS) is 10.8. The molecule has 0 saturated heterocycles. The highest BCUT2D eigenvalue weighted by molar-refractivity contribution is 14.0. The average Bonchev–Trinajstić information content (AvgIpc) is 2.52. The highest BCUT2D eigenvalue weighted by atomic mass is 127. The van der Waals surface area contributed by atoms with E-state index in [9.17, 15) is 0 Å². The Balaban J connectivity index is 0.00000264. The van der Waals surface area contributed by atoms with Crippen molar-refractivity contribution in [2.45, 2.75) is 20.0 Å². The van der Waals surface area contributed by atoms with E-state index < -0.39 is 0 Å². The first kappa shape index (κ1) is 20.0. The lowest BCUT2D eigenvalue weighted by Crippen LogP contribution is -2.36. The fraction of sp³-hybridized carbons (Fsp3) is 0.250. The molecule has 1 aromatic carbocycles. The number of rotatable bonds is 5. The van der Waals surface area contributed by atoms with Gasteiger partial charge >= 0.3 is 0 Å². The van der Waals surface area contributed by atoms with E-state index in [0.29, 0.717) is 18.2 Å². The highest BCUT2D eigenvalue weighted by Crippen LogP contribution is 2.10. The lowest BCUT2D eigenvalue weighted by Gasteiger charge is -2.11. The predicted molar refractivity (Wildman–Crippen MR) is 108 cm³/mol. The molecule has 4 nitrogen and oxygen atoms in total. The molecule has 0 radical (unpaired) electrons. The van der Waals surface area contributed by atoms with Gasteiger partial charge in [-0.2, -0.15) is 0 Å². The molecule has 23 heavy (non-hydrogen) atoms. The van der Waals surface area contributed by atoms with Crippen LogP contribution in [0.3, 0.4) is 0 Å². The lowest BCUT2D eigenvalue weighted by atomic mass is 10.2. The zero-order valence-corrected chi connectivity index (χ0v) is 16.6. The van der Waals surface area contributed by atoms with Crippen LogP contribution in [0, 0.1) is 0 Å². The van der Waals surface area contributed by atoms with Crippen LogP contribution in [0.2, 0.25) is 10.2 Å². The summed E-state index contributed by atoms with van der Waals surface area (Å²) in [6, 6.07) is 11.4. The number of guanidine groups is 1. The number of pyridine rings is 1. The summed E-state index contributed by atoms with van der Waals surface area (Å²) < 4.78 is 0. The average molecular weight is 465 g/mol. The molecular weight excluding hydrogens is 446 g/mol. The molecule has 1 aromatic heterocycles. The van der Waals surface area contributed by atoms with Gasteiger partial charge < -0.3 is 10.6 Å². The summed E-state index contributed by atoms with van der Waals surface area (Å²) in [6.45, 7) is 4.01. The molecule has 2 aromatic rings. The summed E-state index contributed by atoms with van der Waals surface area (Å²) in [7, 11) is 0. The zero-order valence-electron chi connectivity index (χ0n) is 12.7. The Hall–Kier alpha value is -1.05. The maximum atomic E-state index is 5.98. The number of benzene rings is 1. The summed E-state index contributed by atoms with van der Waals surface area (Å²) in [4.78, 5) is 8.58. The van der Waals surface area contributed by atoms with Gasteiger partial charge in [0.05, 0.1) is 6.54 Å². The Morgan fingerprint density at radius 3 is 2.61 bits per heavy atom. The quantitative estimate of drug-likeness (QED) is 0.301. The van der Waals surface area contributed by atoms with E-state index in [4.69, 9.17) is 23.2 Å². The monoisotopic (exact) mass is 464 g/mol. The molecule has 0 aliphatic heterocycles. The maximum absolute atomic E-state index is 5.98. The minimum absolute atomic E-state index is 0. The number of hydrogen-bond acceptors (Lipinski definition) is 2. The molecule has 124 valence electrons. The fourth-order valence-corrected chi connectivity index (χ4v) is 2.17. The van der Waals surface area contributed by atoms with Crippen molar-refractivity contribution in [2.75, 3.05) is 6.54 Å². The van der Waals surface area contributed by atoms with Gasteiger partial charge in [-0.25, -0.2) is 9.98 Å². The SMILES string of the molecule is CCNC(=NCc1ccc(Cl)nc1)NCc1cccc(Cl)c1.I. The summed E-state index contributed by atoms with van der Waals surface area (Å²) in [5, 5.41) is 7.70. The van der Waals surface area contributed by atoms with Crippen molar-refractivity contribution in [3.05, 3.63) is 63.9 Å². The molecule has 2 rings (SSSR count). The van der Waals surface area contributed by atoms with Gasteiger partial charge in [0.25, 0.3) is 0 Å². The molecule has 0 fully saturated rings. The Bertz CT molecular complexity index is 632. The second kappa shape index (κ2) is 10.7. The van der Waals surface area contributed by atoms with Crippen molar-refractivity contribution in [2.24, 2.45) is 4.99 Å². The predicted octanol–water partition coefficient (Wildman–Crippen LogP) is 4.26. The van der Waals surface area contributed by atoms with Crippen LogP contribution < -0.4 is 10.6 Å². The summed E-state index contributed by atoms with van der Waals surface area (Å²) >= 11 is 11.8. The van der Waals surface area contributed by atoms with Crippen LogP contribution in [-0.4, -0.2) is 17.5 Å². The standard InChI is InChI=1S/C16H18Cl2N4.HI/c1-2-19-16(21-9-12-4-3-5-14(17)8-12)22-11-13-6-7-15(18)20-10-13;/h3-8,10H,2,9,11H2,1H3,(H2,19,21,22);1H. The molecule has 0 bridgehead atoms. The van der Waals surface area contributed by atoms with E-state index in [2.05, 4.69) is 20.6 Å². The van der Waals surface area contributed by atoms with Gasteiger partial charge in [0.2, 0.25) is 0 Å². The van der Waals surface area contributed by atoms with Crippen LogP contribution in [0.15, 0.2) is 47.6 Å². The second-order valence-corrected chi connectivity index (χ2v) is 5.49. The molecule has 0 saturated carbocycles. The molecule has 0 atom stereocenters. The molecule has 1 heterocycles. The van der Waals surface area contributed by atoms with Crippen LogP contribution in [-0.2, 0) is 13.1 Å². The van der Waals surface area contributed by atoms with Gasteiger partial charge in [0.1, 0.15) is 5.15 Å². The van der Waals surface area contributed by atoms with Crippen LogP contribution >= 0.6 is 47.2 Å². The first-order chi connectivity index (χ1) is 10.7. The van der Waals surface area contributed by atoms with E-state index in [1.807, 2.05) is 37.3 Å². The van der Waals surface area contributed by atoms with E-state index in [1.54, 1.807) is 12.3 Å². The molecule has 7 heteroatoms. The summed E-state index contributed by atoms with van der Waals surface area (Å²) in [5.74, 6) is 0.748.